The number of aromatic carboxylic acids is 1. The summed E-state index contributed by atoms with van der Waals surface area (Å²) in [6.45, 7) is 2.07. The van der Waals surface area contributed by atoms with E-state index in [0.29, 0.717) is 22.0 Å². The lowest BCUT2D eigenvalue weighted by molar-refractivity contribution is -0.112. The Morgan fingerprint density at radius 1 is 1.12 bits per heavy atom. The topological polar surface area (TPSA) is 99.4 Å². The highest BCUT2D eigenvalue weighted by Gasteiger charge is 2.12. The Morgan fingerprint density at radius 3 is 2.53 bits per heavy atom. The fourth-order valence-electron chi connectivity index (χ4n) is 2.89. The fraction of sp³-hybridized carbons (Fsp3) is 0.0800. The highest BCUT2D eigenvalue weighted by Crippen LogP contribution is 2.26. The Labute approximate surface area is 190 Å². The van der Waals surface area contributed by atoms with Gasteiger partial charge in [-0.1, -0.05) is 35.9 Å². The maximum atomic E-state index is 12.6. The van der Waals surface area contributed by atoms with Gasteiger partial charge in [0.15, 0.2) is 0 Å². The molecular weight excluding hydrogens is 428 g/mol. The number of nitrogens with zero attached hydrogens (tertiary/aromatic N) is 1. The molecule has 0 aromatic heterocycles. The number of carbonyl (C=O) groups is 2. The third kappa shape index (κ3) is 5.97. The van der Waals surface area contributed by atoms with Crippen LogP contribution in [0.4, 0.5) is 5.69 Å². The van der Waals surface area contributed by atoms with Gasteiger partial charge in [-0.25, -0.2) is 4.79 Å². The number of hydrogen-bond acceptors (Lipinski definition) is 4. The van der Waals surface area contributed by atoms with Crippen molar-refractivity contribution in [2.45, 2.75) is 13.5 Å². The van der Waals surface area contributed by atoms with Crippen LogP contribution in [0.15, 0.2) is 72.3 Å². The summed E-state index contributed by atoms with van der Waals surface area (Å²) in [7, 11) is 0. The Kier molecular flexibility index (Phi) is 7.27. The van der Waals surface area contributed by atoms with E-state index in [4.69, 9.17) is 21.4 Å². The maximum absolute atomic E-state index is 12.6. The zero-order valence-corrected chi connectivity index (χ0v) is 17.9. The summed E-state index contributed by atoms with van der Waals surface area (Å²) in [5.74, 6) is -1.13. The number of ether oxygens (including phenoxy) is 1. The lowest BCUT2D eigenvalue weighted by Crippen LogP contribution is -2.13. The number of benzene rings is 3. The fourth-order valence-corrected chi connectivity index (χ4v) is 3.07. The lowest BCUT2D eigenvalue weighted by atomic mass is 10.1. The molecule has 0 bridgehead atoms. The molecule has 0 saturated heterocycles. The number of carboxylic acid groups (broad SMARTS) is 1. The molecule has 0 atom stereocenters. The van der Waals surface area contributed by atoms with Gasteiger partial charge < -0.3 is 15.2 Å². The molecule has 0 radical (unpaired) electrons. The average molecular weight is 447 g/mol. The van der Waals surface area contributed by atoms with Crippen molar-refractivity contribution >= 4 is 35.2 Å². The van der Waals surface area contributed by atoms with E-state index in [1.807, 2.05) is 25.1 Å². The van der Waals surface area contributed by atoms with Gasteiger partial charge in [0, 0.05) is 16.3 Å². The SMILES string of the molecule is Cc1cccc(NC(=O)C(C#N)=Cc2cc(Cl)ccc2OCc2ccc(C(=O)O)cc2)c1. The summed E-state index contributed by atoms with van der Waals surface area (Å²) in [6, 6.07) is 20.4. The number of nitriles is 1. The van der Waals surface area contributed by atoms with Gasteiger partial charge in [-0.15, -0.1) is 0 Å². The smallest absolute Gasteiger partial charge is 0.335 e. The molecule has 0 unspecified atom stereocenters. The molecule has 32 heavy (non-hydrogen) atoms. The largest absolute Gasteiger partial charge is 0.488 e. The molecule has 0 heterocycles. The number of carbonyl (C=O) groups excluding carboxylic acids is 1. The molecule has 7 heteroatoms. The normalized spacial score (nSPS) is 10.8. The molecule has 160 valence electrons. The van der Waals surface area contributed by atoms with E-state index < -0.39 is 11.9 Å². The van der Waals surface area contributed by atoms with Crippen molar-refractivity contribution in [1.29, 1.82) is 5.26 Å². The van der Waals surface area contributed by atoms with Crippen molar-refractivity contribution in [2.75, 3.05) is 5.32 Å². The van der Waals surface area contributed by atoms with E-state index in [9.17, 15) is 14.9 Å². The van der Waals surface area contributed by atoms with Crippen LogP contribution in [0.25, 0.3) is 6.08 Å². The third-order valence-corrected chi connectivity index (χ3v) is 4.74. The summed E-state index contributed by atoms with van der Waals surface area (Å²) in [6.07, 6.45) is 1.42. The first-order chi connectivity index (χ1) is 15.4. The number of nitrogens with one attached hydrogen (secondary N) is 1. The van der Waals surface area contributed by atoms with Crippen molar-refractivity contribution in [3.05, 3.63) is 99.6 Å². The van der Waals surface area contributed by atoms with Crippen LogP contribution in [-0.2, 0) is 11.4 Å². The van der Waals surface area contributed by atoms with Crippen molar-refractivity contribution in [2.24, 2.45) is 0 Å². The Bertz CT molecular complexity index is 1230. The van der Waals surface area contributed by atoms with E-state index >= 15 is 0 Å². The summed E-state index contributed by atoms with van der Waals surface area (Å²) < 4.78 is 5.85. The van der Waals surface area contributed by atoms with E-state index in [1.54, 1.807) is 42.5 Å². The van der Waals surface area contributed by atoms with Gasteiger partial charge in [-0.3, -0.25) is 4.79 Å². The molecule has 6 nitrogen and oxygen atoms in total. The van der Waals surface area contributed by atoms with Crippen molar-refractivity contribution in [3.63, 3.8) is 0 Å². The minimum Gasteiger partial charge on any atom is -0.488 e. The number of amides is 1. The van der Waals surface area contributed by atoms with Crippen molar-refractivity contribution in [1.82, 2.24) is 0 Å². The van der Waals surface area contributed by atoms with Crippen LogP contribution < -0.4 is 10.1 Å². The van der Waals surface area contributed by atoms with Crippen LogP contribution in [-0.4, -0.2) is 17.0 Å². The molecule has 0 aliphatic rings. The number of halogens is 1. The summed E-state index contributed by atoms with van der Waals surface area (Å²) in [5, 5.41) is 21.7. The quantitative estimate of drug-likeness (QED) is 0.370. The molecule has 3 rings (SSSR count). The number of aryl methyl sites for hydroxylation is 1. The lowest BCUT2D eigenvalue weighted by Gasteiger charge is -2.11. The van der Waals surface area contributed by atoms with Crippen LogP contribution in [0.1, 0.15) is 27.0 Å². The molecule has 0 aliphatic carbocycles. The van der Waals surface area contributed by atoms with Crippen molar-refractivity contribution < 1.29 is 19.4 Å². The van der Waals surface area contributed by atoms with E-state index in [1.165, 1.54) is 18.2 Å². The van der Waals surface area contributed by atoms with E-state index in [-0.39, 0.29) is 17.7 Å². The molecule has 0 spiro atoms. The Hall–Kier alpha value is -4.08. The predicted octanol–water partition coefficient (Wildman–Crippen LogP) is 5.47. The minimum atomic E-state index is -1.00. The predicted molar refractivity (Wildman–Crippen MR) is 123 cm³/mol. The highest BCUT2D eigenvalue weighted by molar-refractivity contribution is 6.30. The molecule has 0 fully saturated rings. The Balaban J connectivity index is 1.80. The second-order valence-corrected chi connectivity index (χ2v) is 7.40. The summed E-state index contributed by atoms with van der Waals surface area (Å²) in [5.41, 5.74) is 2.87. The van der Waals surface area contributed by atoms with Crippen LogP contribution in [0.3, 0.4) is 0 Å². The van der Waals surface area contributed by atoms with Gasteiger partial charge in [-0.2, -0.15) is 5.26 Å². The van der Waals surface area contributed by atoms with Crippen LogP contribution in [0, 0.1) is 18.3 Å². The van der Waals surface area contributed by atoms with Crippen molar-refractivity contribution in [3.8, 4) is 11.8 Å². The summed E-state index contributed by atoms with van der Waals surface area (Å²) >= 11 is 6.11. The van der Waals surface area contributed by atoms with Crippen LogP contribution >= 0.6 is 11.6 Å². The standard InChI is InChI=1S/C25H19ClN2O4/c1-16-3-2-4-22(11-16)28-24(29)20(14-27)12-19-13-21(26)9-10-23(19)32-15-17-5-7-18(8-6-17)25(30)31/h2-13H,15H2,1H3,(H,28,29)(H,30,31). The van der Waals surface area contributed by atoms with Crippen LogP contribution in [0.2, 0.25) is 5.02 Å². The molecule has 0 aliphatic heterocycles. The maximum Gasteiger partial charge on any atom is 0.335 e. The third-order valence-electron chi connectivity index (χ3n) is 4.51. The molecule has 0 saturated carbocycles. The number of rotatable bonds is 7. The molecule has 3 aromatic carbocycles. The molecule has 1 amide bonds. The van der Waals surface area contributed by atoms with Crippen LogP contribution in [0.5, 0.6) is 5.75 Å². The molecule has 2 N–H and O–H groups in total. The molecular formula is C25H19ClN2O4. The van der Waals surface area contributed by atoms with E-state index in [0.717, 1.165) is 11.1 Å². The zero-order chi connectivity index (χ0) is 23.1. The first-order valence-corrected chi connectivity index (χ1v) is 9.98. The van der Waals surface area contributed by atoms with E-state index in [2.05, 4.69) is 5.32 Å². The zero-order valence-electron chi connectivity index (χ0n) is 17.1. The van der Waals surface area contributed by atoms with Gasteiger partial charge >= 0.3 is 5.97 Å². The second-order valence-electron chi connectivity index (χ2n) is 6.97. The first-order valence-electron chi connectivity index (χ1n) is 9.60. The number of anilines is 1. The Morgan fingerprint density at radius 2 is 1.88 bits per heavy atom. The number of hydrogen-bond donors (Lipinski definition) is 2. The van der Waals surface area contributed by atoms with Gasteiger partial charge in [0.05, 0.1) is 5.56 Å². The van der Waals surface area contributed by atoms with Gasteiger partial charge in [0.25, 0.3) is 5.91 Å². The van der Waals surface area contributed by atoms with Gasteiger partial charge in [0.1, 0.15) is 24.0 Å². The number of carboxylic acids is 1. The van der Waals surface area contributed by atoms with Gasteiger partial charge in [-0.05, 0) is 66.6 Å². The molecule has 3 aromatic rings. The second kappa shape index (κ2) is 10.3. The minimum absolute atomic E-state index is 0.107. The monoisotopic (exact) mass is 446 g/mol. The summed E-state index contributed by atoms with van der Waals surface area (Å²) in [4.78, 5) is 23.6. The first kappa shape index (κ1) is 22.6. The highest BCUT2D eigenvalue weighted by atomic mass is 35.5. The average Bonchev–Trinajstić information content (AvgIpc) is 2.77. The van der Waals surface area contributed by atoms with Gasteiger partial charge in [0.2, 0.25) is 0 Å².